The smallest absolute Gasteiger partial charge is 0.295 e. The molecule has 6 heteroatoms. The largest absolute Gasteiger partial charge is 0.417 e. The van der Waals surface area contributed by atoms with Crippen molar-refractivity contribution in [1.29, 1.82) is 0 Å². The molecule has 0 spiro atoms. The van der Waals surface area contributed by atoms with E-state index in [0.29, 0.717) is 13.1 Å². The van der Waals surface area contributed by atoms with Crippen LogP contribution in [0.3, 0.4) is 0 Å². The van der Waals surface area contributed by atoms with Crippen molar-refractivity contribution < 1.29 is 13.2 Å². The number of rotatable bonds is 4. The number of hydrazone groups is 1. The van der Waals surface area contributed by atoms with Gasteiger partial charge < -0.3 is 0 Å². The van der Waals surface area contributed by atoms with Crippen LogP contribution in [0.2, 0.25) is 0 Å². The van der Waals surface area contributed by atoms with Crippen LogP contribution in [0.15, 0.2) is 47.6 Å². The molecule has 0 bridgehead atoms. The predicted molar refractivity (Wildman–Crippen MR) is 102 cm³/mol. The summed E-state index contributed by atoms with van der Waals surface area (Å²) in [6.07, 6.45) is -3.05. The van der Waals surface area contributed by atoms with Gasteiger partial charge in [-0.05, 0) is 31.0 Å². The number of benzene rings is 2. The van der Waals surface area contributed by atoms with E-state index in [-0.39, 0.29) is 5.56 Å². The molecule has 144 valence electrons. The summed E-state index contributed by atoms with van der Waals surface area (Å²) in [6, 6.07) is 12.0. The van der Waals surface area contributed by atoms with Crippen LogP contribution in [0.5, 0.6) is 0 Å². The Bertz CT molecular complexity index is 807. The van der Waals surface area contributed by atoms with E-state index in [1.54, 1.807) is 6.07 Å². The summed E-state index contributed by atoms with van der Waals surface area (Å²) in [4.78, 5) is 2.35. The number of aryl methyl sites for hydroxylation is 2. The van der Waals surface area contributed by atoms with Crippen LogP contribution in [-0.2, 0) is 12.7 Å². The number of hydrogen-bond acceptors (Lipinski definition) is 3. The Morgan fingerprint density at radius 3 is 2.37 bits per heavy atom. The lowest BCUT2D eigenvalue weighted by Gasteiger charge is -2.33. The average molecular weight is 375 g/mol. The van der Waals surface area contributed by atoms with Crippen molar-refractivity contribution in [2.75, 3.05) is 26.2 Å². The molecule has 1 fully saturated rings. The van der Waals surface area contributed by atoms with Crippen molar-refractivity contribution in [3.05, 3.63) is 70.3 Å². The number of piperazine rings is 1. The van der Waals surface area contributed by atoms with Crippen molar-refractivity contribution >= 4 is 6.21 Å². The molecular weight excluding hydrogens is 351 g/mol. The highest BCUT2D eigenvalue weighted by Gasteiger charge is 2.32. The monoisotopic (exact) mass is 375 g/mol. The van der Waals surface area contributed by atoms with E-state index in [1.165, 1.54) is 35.0 Å². The third-order valence-electron chi connectivity index (χ3n) is 4.87. The molecule has 0 aromatic heterocycles. The summed E-state index contributed by atoms with van der Waals surface area (Å²) in [5.41, 5.74) is 3.32. The van der Waals surface area contributed by atoms with Crippen molar-refractivity contribution in [3.8, 4) is 0 Å². The highest BCUT2D eigenvalue weighted by molar-refractivity contribution is 5.81. The van der Waals surface area contributed by atoms with Crippen LogP contribution in [0.1, 0.15) is 27.8 Å². The summed E-state index contributed by atoms with van der Waals surface area (Å²) in [7, 11) is 0. The maximum absolute atomic E-state index is 13.0. The first-order valence-corrected chi connectivity index (χ1v) is 9.06. The van der Waals surface area contributed by atoms with Gasteiger partial charge in [-0.25, -0.2) is 0 Å². The lowest BCUT2D eigenvalue weighted by Crippen LogP contribution is -2.43. The SMILES string of the molecule is Cc1ccc(CN2CCN(/N=C/c3ccccc3C(F)(F)F)CC2)c(C)c1. The second-order valence-corrected chi connectivity index (χ2v) is 6.99. The van der Waals surface area contributed by atoms with Crippen LogP contribution < -0.4 is 0 Å². The lowest BCUT2D eigenvalue weighted by molar-refractivity contribution is -0.137. The summed E-state index contributed by atoms with van der Waals surface area (Å²) in [5, 5.41) is 6.12. The first-order chi connectivity index (χ1) is 12.8. The molecular formula is C21H24F3N3. The van der Waals surface area contributed by atoms with Gasteiger partial charge in [0, 0.05) is 38.3 Å². The zero-order valence-electron chi connectivity index (χ0n) is 15.6. The number of hydrogen-bond donors (Lipinski definition) is 0. The molecule has 2 aromatic rings. The minimum Gasteiger partial charge on any atom is -0.295 e. The van der Waals surface area contributed by atoms with E-state index in [4.69, 9.17) is 0 Å². The minimum atomic E-state index is -4.37. The van der Waals surface area contributed by atoms with Crippen LogP contribution in [0, 0.1) is 13.8 Å². The normalized spacial score (nSPS) is 16.3. The van der Waals surface area contributed by atoms with E-state index in [9.17, 15) is 13.2 Å². The van der Waals surface area contributed by atoms with Gasteiger partial charge in [0.15, 0.2) is 0 Å². The molecule has 3 rings (SSSR count). The average Bonchev–Trinajstić information content (AvgIpc) is 2.63. The Labute approximate surface area is 158 Å². The number of nitrogens with zero attached hydrogens (tertiary/aromatic N) is 3. The molecule has 0 atom stereocenters. The third kappa shape index (κ3) is 5.10. The lowest BCUT2D eigenvalue weighted by atomic mass is 10.1. The molecule has 0 aliphatic carbocycles. The molecule has 1 heterocycles. The third-order valence-corrected chi connectivity index (χ3v) is 4.87. The topological polar surface area (TPSA) is 18.8 Å². The van der Waals surface area contributed by atoms with Gasteiger partial charge in [-0.1, -0.05) is 42.0 Å². The Kier molecular flexibility index (Phi) is 5.85. The van der Waals surface area contributed by atoms with Crippen LogP contribution in [0.25, 0.3) is 0 Å². The van der Waals surface area contributed by atoms with Crippen molar-refractivity contribution in [2.45, 2.75) is 26.6 Å². The molecule has 3 nitrogen and oxygen atoms in total. The Balaban J connectivity index is 1.58. The van der Waals surface area contributed by atoms with E-state index in [1.807, 2.05) is 5.01 Å². The molecule has 0 amide bonds. The van der Waals surface area contributed by atoms with Gasteiger partial charge in [0.25, 0.3) is 0 Å². The van der Waals surface area contributed by atoms with Crippen LogP contribution >= 0.6 is 0 Å². The second-order valence-electron chi connectivity index (χ2n) is 6.99. The van der Waals surface area contributed by atoms with Crippen LogP contribution in [0.4, 0.5) is 13.2 Å². The zero-order valence-corrected chi connectivity index (χ0v) is 15.6. The Morgan fingerprint density at radius 1 is 1.00 bits per heavy atom. The fraction of sp³-hybridized carbons (Fsp3) is 0.381. The maximum atomic E-state index is 13.0. The summed E-state index contributed by atoms with van der Waals surface area (Å²) in [6.45, 7) is 8.19. The quantitative estimate of drug-likeness (QED) is 0.734. The summed E-state index contributed by atoms with van der Waals surface area (Å²) in [5.74, 6) is 0. The molecule has 1 saturated heterocycles. The molecule has 0 unspecified atom stereocenters. The van der Waals surface area contributed by atoms with Crippen molar-refractivity contribution in [2.24, 2.45) is 5.10 Å². The molecule has 1 aliphatic heterocycles. The van der Waals surface area contributed by atoms with Crippen LogP contribution in [-0.4, -0.2) is 42.3 Å². The Morgan fingerprint density at radius 2 is 1.70 bits per heavy atom. The summed E-state index contributed by atoms with van der Waals surface area (Å²) < 4.78 is 39.1. The number of alkyl halides is 3. The first-order valence-electron chi connectivity index (χ1n) is 9.06. The van der Waals surface area contributed by atoms with Gasteiger partial charge in [-0.15, -0.1) is 0 Å². The van der Waals surface area contributed by atoms with E-state index < -0.39 is 11.7 Å². The fourth-order valence-electron chi connectivity index (χ4n) is 3.29. The van der Waals surface area contributed by atoms with Gasteiger partial charge in [-0.3, -0.25) is 9.91 Å². The predicted octanol–water partition coefficient (Wildman–Crippen LogP) is 4.47. The van der Waals surface area contributed by atoms with Gasteiger partial charge in [0.1, 0.15) is 0 Å². The highest BCUT2D eigenvalue weighted by Crippen LogP contribution is 2.31. The Hall–Kier alpha value is -2.34. The number of halogens is 3. The van der Waals surface area contributed by atoms with E-state index >= 15 is 0 Å². The molecule has 0 radical (unpaired) electrons. The molecule has 0 saturated carbocycles. The highest BCUT2D eigenvalue weighted by atomic mass is 19.4. The van der Waals surface area contributed by atoms with E-state index in [2.05, 4.69) is 42.0 Å². The van der Waals surface area contributed by atoms with Crippen molar-refractivity contribution in [3.63, 3.8) is 0 Å². The molecule has 27 heavy (non-hydrogen) atoms. The van der Waals surface area contributed by atoms with Gasteiger partial charge in [0.05, 0.1) is 11.8 Å². The molecule has 0 N–H and O–H groups in total. The standard InChI is InChI=1S/C21H24F3N3/c1-16-7-8-19(17(2)13-16)15-26-9-11-27(12-10-26)25-14-18-5-3-4-6-20(18)21(22,23)24/h3-8,13-14H,9-12,15H2,1-2H3/b25-14+. The first kappa shape index (κ1) is 19.4. The molecule has 2 aromatic carbocycles. The molecule has 1 aliphatic rings. The van der Waals surface area contributed by atoms with Gasteiger partial charge >= 0.3 is 6.18 Å². The van der Waals surface area contributed by atoms with Crippen molar-refractivity contribution in [1.82, 2.24) is 9.91 Å². The van der Waals surface area contributed by atoms with E-state index in [0.717, 1.165) is 25.7 Å². The fourth-order valence-corrected chi connectivity index (χ4v) is 3.29. The van der Waals surface area contributed by atoms with Gasteiger partial charge in [0.2, 0.25) is 0 Å². The van der Waals surface area contributed by atoms with Gasteiger partial charge in [-0.2, -0.15) is 18.3 Å². The summed E-state index contributed by atoms with van der Waals surface area (Å²) >= 11 is 0. The zero-order chi connectivity index (χ0) is 19.4. The minimum absolute atomic E-state index is 0.0997. The second kappa shape index (κ2) is 8.13. The maximum Gasteiger partial charge on any atom is 0.417 e.